The maximum absolute atomic E-state index is 8.49. The molecule has 0 fully saturated rings. The third-order valence-corrected chi connectivity index (χ3v) is 0. The van der Waals surface area contributed by atoms with Gasteiger partial charge in [-0.15, -0.1) is 41.0 Å². The first-order valence-electron chi connectivity index (χ1n) is 2.47. The fourth-order valence-electron chi connectivity index (χ4n) is 0. The minimum atomic E-state index is -4.94. The van der Waals surface area contributed by atoms with Gasteiger partial charge in [-0.1, -0.05) is 0 Å². The molecule has 0 aliphatic rings. The van der Waals surface area contributed by atoms with Crippen LogP contribution >= 0.6 is 0 Å². The minimum absolute atomic E-state index is 0. The summed E-state index contributed by atoms with van der Waals surface area (Å²) in [6, 6.07) is 0. The molecule has 0 spiro atoms. The Hall–Kier alpha value is 1.91. The van der Waals surface area contributed by atoms with Crippen LogP contribution in [-0.4, -0.2) is 23.1 Å². The summed E-state index contributed by atoms with van der Waals surface area (Å²) >= 11 is 0. The Labute approximate surface area is 157 Å². The fourth-order valence-corrected chi connectivity index (χ4v) is 0. The van der Waals surface area contributed by atoms with E-state index >= 15 is 0 Å². The first kappa shape index (κ1) is 39.1. The molecule has 0 aliphatic carbocycles. The van der Waals surface area contributed by atoms with Crippen LogP contribution in [0.5, 0.6) is 0 Å². The molecule has 0 aromatic carbocycles. The molecule has 0 aliphatic heterocycles. The van der Waals surface area contributed by atoms with Crippen LogP contribution in [0, 0.1) is 41.0 Å². The maximum atomic E-state index is 8.49. The van der Waals surface area contributed by atoms with Crippen molar-refractivity contribution in [3.05, 3.63) is 0 Å². The van der Waals surface area contributed by atoms with E-state index in [4.69, 9.17) is 74.5 Å². The first-order valence-corrected chi connectivity index (χ1v) is 7.41. The molecule has 0 bridgehead atoms. The summed E-state index contributed by atoms with van der Waals surface area (Å²) in [6.07, 6.45) is 0. The maximum Gasteiger partial charge on any atom is 2.00 e. The van der Waals surface area contributed by atoms with Gasteiger partial charge in [0.2, 0.25) is 0 Å². The summed E-state index contributed by atoms with van der Waals surface area (Å²) in [5, 5.41) is 0. The van der Waals surface area contributed by atoms with Crippen molar-refractivity contribution >= 4 is 23.1 Å². The molecular weight excluding hydrogens is 487 g/mol. The van der Waals surface area contributed by atoms with Gasteiger partial charge < -0.3 is 0 Å². The monoisotopic (exact) mass is 484 g/mol. The molecule has 22 heteroatoms. The number of halogens is 4. The van der Waals surface area contributed by atoms with Gasteiger partial charge in [-0.05, 0) is 0 Å². The second-order valence-corrected chi connectivity index (χ2v) is 4.54. The van der Waals surface area contributed by atoms with Crippen molar-refractivity contribution in [2.75, 3.05) is 0 Å². The quantitative estimate of drug-likeness (QED) is 0.286. The van der Waals surface area contributed by atoms with E-state index < -0.39 is 41.0 Å². The Morgan fingerprint density at radius 3 is 0.273 bits per heavy atom. The minimum Gasteiger partial charge on any atom is -0.222 e. The van der Waals surface area contributed by atoms with Crippen LogP contribution < -0.4 is 74.5 Å². The van der Waals surface area contributed by atoms with Gasteiger partial charge >= 0.3 is 42.5 Å². The fraction of sp³-hybridized carbons (Fsp3) is 0. The van der Waals surface area contributed by atoms with Gasteiger partial charge in [-0.25, -0.2) is 74.5 Å². The Kier molecular flexibility index (Phi) is 29.1. The van der Waals surface area contributed by atoms with E-state index in [9.17, 15) is 0 Å². The van der Waals surface area contributed by atoms with Crippen LogP contribution in [0.4, 0.5) is 0 Å². The van der Waals surface area contributed by atoms with Crippen molar-refractivity contribution < 1.29 is 135 Å². The van der Waals surface area contributed by atoms with Crippen LogP contribution in [-0.2, 0) is 19.5 Å². The molecule has 16 nitrogen and oxygen atoms in total. The summed E-state index contributed by atoms with van der Waals surface area (Å²) in [6.45, 7) is 0. The molecule has 0 aromatic heterocycles. The van der Waals surface area contributed by atoms with Crippen molar-refractivity contribution in [3.8, 4) is 0 Å². The molecule has 22 heavy (non-hydrogen) atoms. The average Bonchev–Trinajstić information content (AvgIpc) is 1.62. The van der Waals surface area contributed by atoms with E-state index in [0.717, 1.165) is 0 Å². The number of rotatable bonds is 0. The molecule has 0 atom stereocenters. The van der Waals surface area contributed by atoms with Gasteiger partial charge in [0, 0.05) is 0 Å². The van der Waals surface area contributed by atoms with E-state index in [1.165, 1.54) is 0 Å². The predicted molar refractivity (Wildman–Crippen MR) is 5.75 cm³/mol. The zero-order valence-electron chi connectivity index (χ0n) is 9.46. The van der Waals surface area contributed by atoms with Crippen molar-refractivity contribution in [1.82, 2.24) is 0 Å². The second-order valence-electron chi connectivity index (χ2n) is 1.51. The third-order valence-electron chi connectivity index (χ3n) is 0. The van der Waals surface area contributed by atoms with Crippen LogP contribution in [0.25, 0.3) is 0 Å². The zero-order valence-corrected chi connectivity index (χ0v) is 16.9. The molecule has 0 rings (SSSR count). The topological polar surface area (TPSA) is 369 Å². The smallest absolute Gasteiger partial charge is 0.222 e. The van der Waals surface area contributed by atoms with E-state index in [1.54, 1.807) is 0 Å². The molecule has 0 N–H and O–H groups in total. The van der Waals surface area contributed by atoms with E-state index in [1.807, 2.05) is 0 Å². The molecule has 0 saturated carbocycles. The molecule has 0 saturated heterocycles. The number of hydrogen-bond donors (Lipinski definition) is 0. The van der Waals surface area contributed by atoms with Gasteiger partial charge in [0.15, 0.2) is 0 Å². The van der Waals surface area contributed by atoms with Gasteiger partial charge in [0.25, 0.3) is 0 Å². The predicted octanol–water partition coefficient (Wildman–Crippen LogP) is -19.4. The molecular formula is Cl4MgO16Zn. The molecule has 0 heterocycles. The van der Waals surface area contributed by atoms with E-state index in [0.29, 0.717) is 0 Å². The van der Waals surface area contributed by atoms with Crippen molar-refractivity contribution in [1.29, 1.82) is 0 Å². The molecule has 0 unspecified atom stereocenters. The second kappa shape index (κ2) is 16.4. The van der Waals surface area contributed by atoms with Gasteiger partial charge in [0.1, 0.15) is 0 Å². The summed E-state index contributed by atoms with van der Waals surface area (Å²) in [7, 11) is -19.8. The summed E-state index contributed by atoms with van der Waals surface area (Å²) in [5.41, 5.74) is 0. The van der Waals surface area contributed by atoms with E-state index in [2.05, 4.69) is 0 Å². The standard InChI is InChI=1S/4ClHO4.Mg.Zn/c4*2-1(3,4)5;;/h4*(H,2,3,4,5);;/q;;;;2*+2/p-4. The average molecular weight is 487 g/mol. The zero-order chi connectivity index (χ0) is 18.0. The van der Waals surface area contributed by atoms with Crippen LogP contribution in [0.1, 0.15) is 0 Å². The largest absolute Gasteiger partial charge is 2.00 e. The van der Waals surface area contributed by atoms with Crippen LogP contribution in [0.15, 0.2) is 0 Å². The van der Waals surface area contributed by atoms with Crippen molar-refractivity contribution in [2.24, 2.45) is 0 Å². The van der Waals surface area contributed by atoms with Crippen LogP contribution in [0.3, 0.4) is 0 Å². The third kappa shape index (κ3) is 2630. The number of hydrogen-bond acceptors (Lipinski definition) is 16. The summed E-state index contributed by atoms with van der Waals surface area (Å²) in [5.74, 6) is 0. The van der Waals surface area contributed by atoms with E-state index in [-0.39, 0.29) is 42.5 Å². The Balaban J connectivity index is -0.0000000376. The normalized spacial score (nSPS) is 10.9. The van der Waals surface area contributed by atoms with Gasteiger partial charge in [0.05, 0.1) is 0 Å². The molecule has 0 aromatic rings. The molecule has 0 radical (unpaired) electrons. The Bertz CT molecular complexity index is 136. The van der Waals surface area contributed by atoms with Crippen molar-refractivity contribution in [2.45, 2.75) is 0 Å². The Morgan fingerprint density at radius 1 is 0.273 bits per heavy atom. The summed E-state index contributed by atoms with van der Waals surface area (Å²) in [4.78, 5) is 0. The molecule has 0 amide bonds. The van der Waals surface area contributed by atoms with Crippen molar-refractivity contribution in [3.63, 3.8) is 0 Å². The molecule has 128 valence electrons. The first-order chi connectivity index (χ1) is 8.00. The summed E-state index contributed by atoms with van der Waals surface area (Å²) < 4.78 is 136. The SMILES string of the molecule is [Mg+2].[O-][Cl+3]([O-])([O-])[O-].[O-][Cl+3]([O-])([O-])[O-].[O-][Cl+3]([O-])([O-])[O-].[O-][Cl+3]([O-])([O-])[O-].[Zn+2]. The van der Waals surface area contributed by atoms with Gasteiger partial charge in [-0.2, -0.15) is 0 Å². The van der Waals surface area contributed by atoms with Gasteiger partial charge in [-0.3, -0.25) is 0 Å². The Morgan fingerprint density at radius 2 is 0.273 bits per heavy atom. The van der Waals surface area contributed by atoms with Crippen LogP contribution in [0.2, 0.25) is 0 Å².